The number of nitrogens with one attached hydrogen (secondary N) is 1. The zero-order valence-electron chi connectivity index (χ0n) is 9.76. The van der Waals surface area contributed by atoms with Gasteiger partial charge in [0.05, 0.1) is 12.1 Å². The Morgan fingerprint density at radius 2 is 1.88 bits per heavy atom. The van der Waals surface area contributed by atoms with Gasteiger partial charge in [-0.2, -0.15) is 0 Å². The van der Waals surface area contributed by atoms with Crippen molar-refractivity contribution < 1.29 is 9.90 Å². The summed E-state index contributed by atoms with van der Waals surface area (Å²) in [4.78, 5) is 11.9. The molecule has 0 fully saturated rings. The average molecular weight is 276 g/mol. The van der Waals surface area contributed by atoms with E-state index in [-0.39, 0.29) is 12.5 Å². The van der Waals surface area contributed by atoms with Crippen molar-refractivity contribution in [3.8, 4) is 0 Å². The zero-order chi connectivity index (χ0) is 13.1. The SMILES string of the molecule is CCC(C)(CO)NC(=O)c1cc(Cl)cc(Cl)c1. The van der Waals surface area contributed by atoms with Crippen LogP contribution >= 0.6 is 23.2 Å². The van der Waals surface area contributed by atoms with Gasteiger partial charge in [-0.15, -0.1) is 0 Å². The van der Waals surface area contributed by atoms with Crippen LogP contribution in [0.1, 0.15) is 30.6 Å². The summed E-state index contributed by atoms with van der Waals surface area (Å²) in [6.07, 6.45) is 0.629. The van der Waals surface area contributed by atoms with Crippen LogP contribution in [0.25, 0.3) is 0 Å². The van der Waals surface area contributed by atoms with Crippen LogP contribution in [0.5, 0.6) is 0 Å². The lowest BCUT2D eigenvalue weighted by Gasteiger charge is -2.27. The smallest absolute Gasteiger partial charge is 0.251 e. The summed E-state index contributed by atoms with van der Waals surface area (Å²) in [7, 11) is 0. The van der Waals surface area contributed by atoms with Gasteiger partial charge in [-0.3, -0.25) is 4.79 Å². The van der Waals surface area contributed by atoms with E-state index in [1.807, 2.05) is 6.92 Å². The Bertz CT molecular complexity index is 397. The standard InChI is InChI=1S/C12H15Cl2NO2/c1-3-12(2,7-16)15-11(17)8-4-9(13)6-10(14)5-8/h4-6,16H,3,7H2,1-2H3,(H,15,17). The summed E-state index contributed by atoms with van der Waals surface area (Å²) in [6, 6.07) is 4.64. The van der Waals surface area contributed by atoms with Crippen LogP contribution in [0.2, 0.25) is 10.0 Å². The van der Waals surface area contributed by atoms with E-state index in [9.17, 15) is 9.90 Å². The van der Waals surface area contributed by atoms with Crippen molar-refractivity contribution in [1.82, 2.24) is 5.32 Å². The van der Waals surface area contributed by atoms with Gasteiger partial charge in [0.15, 0.2) is 0 Å². The minimum atomic E-state index is -0.633. The van der Waals surface area contributed by atoms with Gasteiger partial charge in [0.2, 0.25) is 0 Å². The van der Waals surface area contributed by atoms with Crippen molar-refractivity contribution in [3.63, 3.8) is 0 Å². The lowest BCUT2D eigenvalue weighted by Crippen LogP contribution is -2.48. The molecule has 1 aromatic rings. The summed E-state index contributed by atoms with van der Waals surface area (Å²) < 4.78 is 0. The van der Waals surface area contributed by atoms with Crippen LogP contribution in [-0.2, 0) is 0 Å². The molecule has 17 heavy (non-hydrogen) atoms. The highest BCUT2D eigenvalue weighted by Gasteiger charge is 2.24. The van der Waals surface area contributed by atoms with E-state index in [2.05, 4.69) is 5.32 Å². The van der Waals surface area contributed by atoms with Crippen molar-refractivity contribution in [2.45, 2.75) is 25.8 Å². The molecular weight excluding hydrogens is 261 g/mol. The first-order valence-corrected chi connectivity index (χ1v) is 6.05. The normalized spacial score (nSPS) is 14.2. The molecule has 3 nitrogen and oxygen atoms in total. The molecule has 0 saturated carbocycles. The van der Waals surface area contributed by atoms with E-state index < -0.39 is 5.54 Å². The molecule has 1 atom stereocenters. The second-order valence-electron chi connectivity index (χ2n) is 4.18. The maximum absolute atomic E-state index is 11.9. The highest BCUT2D eigenvalue weighted by Crippen LogP contribution is 2.20. The molecule has 0 bridgehead atoms. The van der Waals surface area contributed by atoms with E-state index in [0.29, 0.717) is 22.0 Å². The van der Waals surface area contributed by atoms with Crippen LogP contribution in [0.15, 0.2) is 18.2 Å². The minimum absolute atomic E-state index is 0.121. The van der Waals surface area contributed by atoms with Gasteiger partial charge in [0.1, 0.15) is 0 Å². The van der Waals surface area contributed by atoms with Gasteiger partial charge in [-0.25, -0.2) is 0 Å². The number of amides is 1. The van der Waals surface area contributed by atoms with Crippen molar-refractivity contribution in [2.75, 3.05) is 6.61 Å². The Labute approximate surface area is 111 Å². The molecule has 0 saturated heterocycles. The molecule has 1 unspecified atom stereocenters. The van der Waals surface area contributed by atoms with Crippen molar-refractivity contribution in [2.24, 2.45) is 0 Å². The summed E-state index contributed by atoms with van der Waals surface area (Å²) in [5, 5.41) is 12.8. The molecule has 0 aromatic heterocycles. The molecule has 0 aliphatic heterocycles. The second-order valence-corrected chi connectivity index (χ2v) is 5.06. The fourth-order valence-corrected chi connectivity index (χ4v) is 1.80. The Morgan fingerprint density at radius 1 is 1.35 bits per heavy atom. The number of rotatable bonds is 4. The lowest BCUT2D eigenvalue weighted by molar-refractivity contribution is 0.0847. The third-order valence-corrected chi connectivity index (χ3v) is 3.11. The average Bonchev–Trinajstić information content (AvgIpc) is 2.27. The molecule has 0 spiro atoms. The molecule has 0 heterocycles. The summed E-state index contributed by atoms with van der Waals surface area (Å²) in [5.74, 6) is -0.298. The molecule has 94 valence electrons. The first kappa shape index (κ1) is 14.3. The number of hydrogen-bond donors (Lipinski definition) is 2. The van der Waals surface area contributed by atoms with E-state index in [0.717, 1.165) is 0 Å². The molecule has 0 aliphatic rings. The quantitative estimate of drug-likeness (QED) is 0.888. The van der Waals surface area contributed by atoms with Crippen molar-refractivity contribution in [3.05, 3.63) is 33.8 Å². The van der Waals surface area contributed by atoms with Gasteiger partial charge in [0, 0.05) is 15.6 Å². The summed E-state index contributed by atoms with van der Waals surface area (Å²) in [6.45, 7) is 3.54. The largest absolute Gasteiger partial charge is 0.394 e. The summed E-state index contributed by atoms with van der Waals surface area (Å²) >= 11 is 11.6. The number of aliphatic hydroxyl groups excluding tert-OH is 1. The maximum Gasteiger partial charge on any atom is 0.251 e. The Balaban J connectivity index is 2.90. The van der Waals surface area contributed by atoms with E-state index in [4.69, 9.17) is 23.2 Å². The molecule has 2 N–H and O–H groups in total. The fraction of sp³-hybridized carbons (Fsp3) is 0.417. The topological polar surface area (TPSA) is 49.3 Å². The first-order valence-electron chi connectivity index (χ1n) is 5.29. The Morgan fingerprint density at radius 3 is 2.29 bits per heavy atom. The molecule has 1 amide bonds. The number of halogens is 2. The van der Waals surface area contributed by atoms with Gasteiger partial charge in [0.25, 0.3) is 5.91 Å². The van der Waals surface area contributed by atoms with E-state index in [1.54, 1.807) is 13.0 Å². The predicted molar refractivity (Wildman–Crippen MR) is 69.7 cm³/mol. The monoisotopic (exact) mass is 275 g/mol. The maximum atomic E-state index is 11.9. The van der Waals surface area contributed by atoms with Crippen LogP contribution in [0.4, 0.5) is 0 Å². The third kappa shape index (κ3) is 3.87. The second kappa shape index (κ2) is 5.71. The Hall–Kier alpha value is -0.770. The molecule has 1 aromatic carbocycles. The zero-order valence-corrected chi connectivity index (χ0v) is 11.3. The van der Waals surface area contributed by atoms with Crippen LogP contribution in [0.3, 0.4) is 0 Å². The van der Waals surface area contributed by atoms with E-state index >= 15 is 0 Å². The predicted octanol–water partition coefficient (Wildman–Crippen LogP) is 2.88. The van der Waals surface area contributed by atoms with Gasteiger partial charge in [-0.05, 0) is 31.5 Å². The fourth-order valence-electron chi connectivity index (χ4n) is 1.27. The molecule has 1 rings (SSSR count). The molecule has 0 aliphatic carbocycles. The summed E-state index contributed by atoms with van der Waals surface area (Å²) in [5.41, 5.74) is -0.248. The highest BCUT2D eigenvalue weighted by atomic mass is 35.5. The molecule has 0 radical (unpaired) electrons. The van der Waals surface area contributed by atoms with Gasteiger partial charge < -0.3 is 10.4 Å². The number of aliphatic hydroxyl groups is 1. The van der Waals surface area contributed by atoms with E-state index in [1.165, 1.54) is 12.1 Å². The van der Waals surface area contributed by atoms with Crippen molar-refractivity contribution >= 4 is 29.1 Å². The molecular formula is C12H15Cl2NO2. The lowest BCUT2D eigenvalue weighted by atomic mass is 9.99. The van der Waals surface area contributed by atoms with Crippen molar-refractivity contribution in [1.29, 1.82) is 0 Å². The number of hydrogen-bond acceptors (Lipinski definition) is 2. The van der Waals surface area contributed by atoms with Gasteiger partial charge in [-0.1, -0.05) is 30.1 Å². The van der Waals surface area contributed by atoms with Gasteiger partial charge >= 0.3 is 0 Å². The first-order chi connectivity index (χ1) is 7.90. The number of benzene rings is 1. The van der Waals surface area contributed by atoms with Crippen LogP contribution in [0, 0.1) is 0 Å². The third-order valence-electron chi connectivity index (χ3n) is 2.67. The highest BCUT2D eigenvalue weighted by molar-refractivity contribution is 6.35. The number of carbonyl (C=O) groups excluding carboxylic acids is 1. The van der Waals surface area contributed by atoms with Crippen LogP contribution < -0.4 is 5.32 Å². The Kier molecular flexibility index (Phi) is 4.80. The number of carbonyl (C=O) groups is 1. The molecule has 5 heteroatoms. The van der Waals surface area contributed by atoms with Crippen LogP contribution in [-0.4, -0.2) is 23.2 Å². The minimum Gasteiger partial charge on any atom is -0.394 e.